The molecular formula is C26H31N3O7. The molecule has 3 aliphatic rings. The van der Waals surface area contributed by atoms with Crippen LogP contribution in [0.4, 0.5) is 0 Å². The van der Waals surface area contributed by atoms with Crippen LogP contribution in [0.2, 0.25) is 0 Å². The van der Waals surface area contributed by atoms with Crippen molar-refractivity contribution < 1.29 is 33.3 Å². The van der Waals surface area contributed by atoms with Gasteiger partial charge in [-0.3, -0.25) is 14.4 Å². The van der Waals surface area contributed by atoms with Crippen LogP contribution in [0.15, 0.2) is 36.4 Å². The second-order valence-electron chi connectivity index (χ2n) is 9.05. The molecule has 4 bridgehead atoms. The van der Waals surface area contributed by atoms with Crippen molar-refractivity contribution in [1.29, 1.82) is 0 Å². The maximum absolute atomic E-state index is 13.2. The van der Waals surface area contributed by atoms with Gasteiger partial charge in [0, 0.05) is 24.6 Å². The molecule has 0 radical (unpaired) electrons. The number of benzene rings is 2. The number of ether oxygens (including phenoxy) is 4. The van der Waals surface area contributed by atoms with E-state index in [1.165, 1.54) is 20.3 Å². The van der Waals surface area contributed by atoms with Gasteiger partial charge in [-0.25, -0.2) is 0 Å². The SMILES string of the molecule is COc1ccc2cc1OCC(=O)NCc1ccc(c(OC)c1)O[C@H]1CN(C(=O)C(C)C)C[C@@H]1NC2=O. The Kier molecular flexibility index (Phi) is 7.52. The molecule has 2 aromatic rings. The number of nitrogens with zero attached hydrogens (tertiary/aromatic N) is 1. The van der Waals surface area contributed by atoms with Crippen LogP contribution in [0.1, 0.15) is 29.8 Å². The van der Waals surface area contributed by atoms with Gasteiger partial charge in [-0.1, -0.05) is 19.9 Å². The van der Waals surface area contributed by atoms with Crippen molar-refractivity contribution in [3.05, 3.63) is 47.5 Å². The Balaban J connectivity index is 1.70. The molecule has 1 saturated heterocycles. The topological polar surface area (TPSA) is 115 Å². The molecule has 36 heavy (non-hydrogen) atoms. The van der Waals surface area contributed by atoms with E-state index in [9.17, 15) is 14.4 Å². The number of rotatable bonds is 3. The number of likely N-dealkylation sites (tertiary alicyclic amines) is 1. The smallest absolute Gasteiger partial charge is 0.258 e. The predicted molar refractivity (Wildman–Crippen MR) is 130 cm³/mol. The fourth-order valence-electron chi connectivity index (χ4n) is 4.24. The third-order valence-corrected chi connectivity index (χ3v) is 6.17. The van der Waals surface area contributed by atoms with Gasteiger partial charge in [0.15, 0.2) is 29.6 Å². The maximum Gasteiger partial charge on any atom is 0.258 e. The van der Waals surface area contributed by atoms with Gasteiger partial charge in [0.1, 0.15) is 6.10 Å². The molecule has 3 amide bonds. The number of hydrogen-bond donors (Lipinski definition) is 2. The summed E-state index contributed by atoms with van der Waals surface area (Å²) < 4.78 is 22.8. The molecule has 0 unspecified atom stereocenters. The van der Waals surface area contributed by atoms with Gasteiger partial charge in [0.25, 0.3) is 11.8 Å². The highest BCUT2D eigenvalue weighted by molar-refractivity contribution is 5.95. The van der Waals surface area contributed by atoms with Gasteiger partial charge >= 0.3 is 0 Å². The van der Waals surface area contributed by atoms with Crippen LogP contribution in [0.5, 0.6) is 23.0 Å². The van der Waals surface area contributed by atoms with E-state index in [4.69, 9.17) is 18.9 Å². The first-order valence-corrected chi connectivity index (χ1v) is 11.8. The molecule has 2 aromatic carbocycles. The number of carbonyl (C=O) groups excluding carboxylic acids is 3. The molecule has 0 spiro atoms. The largest absolute Gasteiger partial charge is 0.493 e. The molecule has 10 heteroatoms. The maximum atomic E-state index is 13.2. The molecular weight excluding hydrogens is 466 g/mol. The molecule has 3 heterocycles. The Labute approximate surface area is 209 Å². The number of nitrogens with one attached hydrogen (secondary N) is 2. The van der Waals surface area contributed by atoms with E-state index in [0.29, 0.717) is 35.9 Å². The summed E-state index contributed by atoms with van der Waals surface area (Å²) >= 11 is 0. The van der Waals surface area contributed by atoms with E-state index >= 15 is 0 Å². The second kappa shape index (κ2) is 10.8. The summed E-state index contributed by atoms with van der Waals surface area (Å²) in [5, 5.41) is 5.81. The van der Waals surface area contributed by atoms with E-state index in [-0.39, 0.29) is 42.5 Å². The van der Waals surface area contributed by atoms with Crippen molar-refractivity contribution in [2.75, 3.05) is 33.9 Å². The standard InChI is InChI=1S/C26H31N3O7/c1-15(2)26(32)29-12-18-23(13-29)36-20-7-5-16(9-21(20)34-4)11-27-24(30)14-35-22-10-17(25(31)28-18)6-8-19(22)33-3/h5-10,15,18,23H,11-14H2,1-4H3,(H,27,30)(H,28,31)/t18-,23-/m0/s1. The quantitative estimate of drug-likeness (QED) is 0.664. The summed E-state index contributed by atoms with van der Waals surface area (Å²) in [5.74, 6) is 0.735. The fraction of sp³-hybridized carbons (Fsp3) is 0.423. The average Bonchev–Trinajstić information content (AvgIpc) is 3.27. The molecule has 5 rings (SSSR count). The zero-order chi connectivity index (χ0) is 25.8. The Morgan fingerprint density at radius 3 is 2.53 bits per heavy atom. The van der Waals surface area contributed by atoms with Crippen LogP contribution in [0.25, 0.3) is 0 Å². The molecule has 2 N–H and O–H groups in total. The van der Waals surface area contributed by atoms with Crippen LogP contribution in [-0.2, 0) is 16.1 Å². The molecule has 0 saturated carbocycles. The number of carbonyl (C=O) groups is 3. The Morgan fingerprint density at radius 1 is 1.03 bits per heavy atom. The van der Waals surface area contributed by atoms with Gasteiger partial charge in [0.05, 0.1) is 26.8 Å². The monoisotopic (exact) mass is 497 g/mol. The summed E-state index contributed by atoms with van der Waals surface area (Å²) in [7, 11) is 3.01. The minimum atomic E-state index is -0.499. The zero-order valence-electron chi connectivity index (χ0n) is 20.8. The highest BCUT2D eigenvalue weighted by atomic mass is 16.5. The van der Waals surface area contributed by atoms with E-state index in [1.54, 1.807) is 29.2 Å². The van der Waals surface area contributed by atoms with Crippen LogP contribution in [-0.4, -0.2) is 68.7 Å². The lowest BCUT2D eigenvalue weighted by atomic mass is 10.1. The first-order valence-electron chi connectivity index (χ1n) is 11.8. The molecule has 1 fully saturated rings. The molecule has 3 aliphatic heterocycles. The van der Waals surface area contributed by atoms with Gasteiger partial charge < -0.3 is 34.5 Å². The molecule has 0 aliphatic carbocycles. The van der Waals surface area contributed by atoms with Crippen LogP contribution in [0.3, 0.4) is 0 Å². The van der Waals surface area contributed by atoms with Crippen molar-refractivity contribution in [1.82, 2.24) is 15.5 Å². The molecule has 0 aromatic heterocycles. The summed E-state index contributed by atoms with van der Waals surface area (Å²) in [5.41, 5.74) is 1.13. The molecule has 2 atom stereocenters. The summed E-state index contributed by atoms with van der Waals surface area (Å²) in [4.78, 5) is 40.0. The second-order valence-corrected chi connectivity index (χ2v) is 9.05. The normalized spacial score (nSPS) is 20.0. The minimum absolute atomic E-state index is 0.0133. The predicted octanol–water partition coefficient (Wildman–Crippen LogP) is 1.76. The summed E-state index contributed by atoms with van der Waals surface area (Å²) in [6, 6.07) is 9.64. The highest BCUT2D eigenvalue weighted by Crippen LogP contribution is 2.32. The lowest BCUT2D eigenvalue weighted by Gasteiger charge is -2.22. The van der Waals surface area contributed by atoms with Gasteiger partial charge in [-0.2, -0.15) is 0 Å². The van der Waals surface area contributed by atoms with Crippen LogP contribution in [0, 0.1) is 5.92 Å². The van der Waals surface area contributed by atoms with Crippen molar-refractivity contribution in [2.45, 2.75) is 32.5 Å². The Hall–Kier alpha value is -3.95. The van der Waals surface area contributed by atoms with Crippen molar-refractivity contribution in [3.8, 4) is 23.0 Å². The third-order valence-electron chi connectivity index (χ3n) is 6.17. The van der Waals surface area contributed by atoms with Crippen molar-refractivity contribution in [3.63, 3.8) is 0 Å². The lowest BCUT2D eigenvalue weighted by molar-refractivity contribution is -0.133. The number of fused-ring (bicyclic) bond motifs is 7. The van der Waals surface area contributed by atoms with Crippen molar-refractivity contribution >= 4 is 17.7 Å². The number of hydrogen-bond acceptors (Lipinski definition) is 7. The van der Waals surface area contributed by atoms with Crippen LogP contribution >= 0.6 is 0 Å². The first-order chi connectivity index (χ1) is 17.3. The lowest BCUT2D eigenvalue weighted by Crippen LogP contribution is -2.45. The van der Waals surface area contributed by atoms with E-state index in [0.717, 1.165) is 5.56 Å². The first kappa shape index (κ1) is 25.2. The van der Waals surface area contributed by atoms with E-state index in [1.807, 2.05) is 19.9 Å². The van der Waals surface area contributed by atoms with E-state index < -0.39 is 12.1 Å². The van der Waals surface area contributed by atoms with Crippen LogP contribution < -0.4 is 29.6 Å². The third kappa shape index (κ3) is 5.48. The molecule has 10 nitrogen and oxygen atoms in total. The van der Waals surface area contributed by atoms with Gasteiger partial charge in [-0.05, 0) is 35.9 Å². The summed E-state index contributed by atoms with van der Waals surface area (Å²) in [6.45, 7) is 4.32. The fourth-order valence-corrected chi connectivity index (χ4v) is 4.24. The summed E-state index contributed by atoms with van der Waals surface area (Å²) in [6.07, 6.45) is -0.499. The molecule has 192 valence electrons. The average molecular weight is 498 g/mol. The Morgan fingerprint density at radius 2 is 1.81 bits per heavy atom. The number of amides is 3. The van der Waals surface area contributed by atoms with Crippen molar-refractivity contribution in [2.24, 2.45) is 5.92 Å². The zero-order valence-corrected chi connectivity index (χ0v) is 20.8. The Bertz CT molecular complexity index is 1150. The minimum Gasteiger partial charge on any atom is -0.493 e. The van der Waals surface area contributed by atoms with Gasteiger partial charge in [-0.15, -0.1) is 0 Å². The highest BCUT2D eigenvalue weighted by Gasteiger charge is 2.39. The van der Waals surface area contributed by atoms with E-state index in [2.05, 4.69) is 10.6 Å². The number of methoxy groups -OCH3 is 2. The van der Waals surface area contributed by atoms with Gasteiger partial charge in [0.2, 0.25) is 5.91 Å².